The van der Waals surface area contributed by atoms with E-state index in [2.05, 4.69) is 22.2 Å². The largest absolute Gasteiger partial charge is 0.573 e. The predicted molar refractivity (Wildman–Crippen MR) is 171 cm³/mol. The highest BCUT2D eigenvalue weighted by Gasteiger charge is 2.35. The minimum Gasteiger partial charge on any atom is -0.398 e. The second kappa shape index (κ2) is 11.2. The van der Waals surface area contributed by atoms with Crippen molar-refractivity contribution in [3.63, 3.8) is 0 Å². The Labute approximate surface area is 271 Å². The van der Waals surface area contributed by atoms with E-state index in [0.29, 0.717) is 54.4 Å². The molecule has 18 heteroatoms. The Hall–Kier alpha value is -4.91. The lowest BCUT2D eigenvalue weighted by Crippen LogP contribution is -2.17. The molecule has 0 saturated heterocycles. The van der Waals surface area contributed by atoms with Gasteiger partial charge in [0.25, 0.3) is 5.69 Å². The SMILES string of the molecule is Cc1ccc(-c2ccc(-c3c4c(c(-c5ccc(-c6ccc(OC(F)(F)F)c([N+](=O)[O-])c6)s5)c5nsnc35)N=S=N4)s2)cc1[N+](=O)[O-]. The van der Waals surface area contributed by atoms with Gasteiger partial charge in [0.15, 0.2) is 0 Å². The third-order valence-corrected chi connectivity index (χ3v) is 10.3. The van der Waals surface area contributed by atoms with Crippen LogP contribution in [0.3, 0.4) is 0 Å². The maximum atomic E-state index is 12.8. The lowest BCUT2D eigenvalue weighted by molar-refractivity contribution is -0.388. The zero-order chi connectivity index (χ0) is 32.3. The molecule has 6 aromatic rings. The van der Waals surface area contributed by atoms with E-state index in [9.17, 15) is 33.4 Å². The van der Waals surface area contributed by atoms with Gasteiger partial charge in [-0.3, -0.25) is 20.2 Å². The number of nitro benzene ring substituents is 2. The van der Waals surface area contributed by atoms with Gasteiger partial charge < -0.3 is 4.74 Å². The molecule has 0 spiro atoms. The van der Waals surface area contributed by atoms with Crippen LogP contribution in [0.5, 0.6) is 5.75 Å². The molecular weight excluding hydrogens is 686 g/mol. The number of aryl methyl sites for hydroxylation is 1. The summed E-state index contributed by atoms with van der Waals surface area (Å²) in [4.78, 5) is 24.6. The van der Waals surface area contributed by atoms with Crippen molar-refractivity contribution in [2.75, 3.05) is 0 Å². The van der Waals surface area contributed by atoms with Crippen LogP contribution in [0.25, 0.3) is 52.8 Å². The first-order valence-electron chi connectivity index (χ1n) is 12.9. The highest BCUT2D eigenvalue weighted by atomic mass is 32.1. The highest BCUT2D eigenvalue weighted by molar-refractivity contribution is 7.58. The van der Waals surface area contributed by atoms with Crippen molar-refractivity contribution >= 4 is 79.5 Å². The number of aromatic nitrogens is 2. The third kappa shape index (κ3) is 5.23. The summed E-state index contributed by atoms with van der Waals surface area (Å²) in [6, 6.07) is 15.7. The molecule has 230 valence electrons. The summed E-state index contributed by atoms with van der Waals surface area (Å²) in [6.07, 6.45) is -5.08. The Morgan fingerprint density at radius 2 is 1.22 bits per heavy atom. The number of fused-ring (bicyclic) bond motifs is 2. The molecule has 0 atom stereocenters. The van der Waals surface area contributed by atoms with Crippen LogP contribution in [-0.4, -0.2) is 25.0 Å². The zero-order valence-electron chi connectivity index (χ0n) is 22.8. The molecule has 0 bridgehead atoms. The summed E-state index contributed by atoms with van der Waals surface area (Å²) in [5, 5.41) is 23.1. The Balaban J connectivity index is 1.31. The monoisotopic (exact) mass is 698 g/mol. The van der Waals surface area contributed by atoms with Crippen molar-refractivity contribution in [3.8, 4) is 47.5 Å². The number of nitrogens with zero attached hydrogens (tertiary/aromatic N) is 6. The van der Waals surface area contributed by atoms with Crippen LogP contribution in [0.4, 0.5) is 35.9 Å². The fourth-order valence-electron chi connectivity index (χ4n) is 4.96. The molecule has 4 heterocycles. The first-order chi connectivity index (χ1) is 22.0. The van der Waals surface area contributed by atoms with Gasteiger partial charge in [-0.2, -0.15) is 17.5 Å². The number of benzene rings is 3. The van der Waals surface area contributed by atoms with E-state index in [1.807, 2.05) is 18.2 Å². The fraction of sp³-hybridized carbons (Fsp3) is 0.0714. The smallest absolute Gasteiger partial charge is 0.398 e. The van der Waals surface area contributed by atoms with Crippen molar-refractivity contribution < 1.29 is 27.8 Å². The van der Waals surface area contributed by atoms with Crippen molar-refractivity contribution in [3.05, 3.63) is 86.5 Å². The second-order valence-corrected chi connectivity index (χ2v) is 13.0. The van der Waals surface area contributed by atoms with Gasteiger partial charge in [0.1, 0.15) is 22.4 Å². The number of alkyl halides is 3. The van der Waals surface area contributed by atoms with Gasteiger partial charge in [-0.05, 0) is 54.4 Å². The van der Waals surface area contributed by atoms with Crippen LogP contribution in [0.1, 0.15) is 5.56 Å². The Morgan fingerprint density at radius 1 is 0.717 bits per heavy atom. The number of halogens is 3. The molecule has 0 aliphatic carbocycles. The highest BCUT2D eigenvalue weighted by Crippen LogP contribution is 2.55. The van der Waals surface area contributed by atoms with E-state index in [1.165, 1.54) is 28.7 Å². The van der Waals surface area contributed by atoms with E-state index >= 15 is 0 Å². The second-order valence-electron chi connectivity index (χ2n) is 9.75. The van der Waals surface area contributed by atoms with E-state index in [0.717, 1.165) is 50.5 Å². The maximum absolute atomic E-state index is 12.8. The van der Waals surface area contributed by atoms with Crippen LogP contribution in [-0.2, 0) is 11.4 Å². The molecule has 11 nitrogen and oxygen atoms in total. The molecule has 3 aromatic carbocycles. The molecule has 1 aliphatic rings. The van der Waals surface area contributed by atoms with Crippen molar-refractivity contribution in [2.24, 2.45) is 8.73 Å². The number of nitro groups is 2. The number of hydrogen-bond donors (Lipinski definition) is 0. The molecule has 0 N–H and O–H groups in total. The minimum absolute atomic E-state index is 0.0319. The lowest BCUT2D eigenvalue weighted by atomic mass is 10.0. The fourth-order valence-corrected chi connectivity index (χ4v) is 8.18. The minimum atomic E-state index is -5.08. The quantitative estimate of drug-likeness (QED) is 0.119. The van der Waals surface area contributed by atoms with Crippen molar-refractivity contribution in [1.29, 1.82) is 0 Å². The molecule has 7 rings (SSSR count). The molecule has 0 unspecified atom stereocenters. The van der Waals surface area contributed by atoms with E-state index < -0.39 is 27.6 Å². The third-order valence-electron chi connectivity index (χ3n) is 6.99. The summed E-state index contributed by atoms with van der Waals surface area (Å²) in [5.74, 6) is -0.906. The normalized spacial score (nSPS) is 12.3. The van der Waals surface area contributed by atoms with Gasteiger partial charge in [0.2, 0.25) is 5.75 Å². The summed E-state index contributed by atoms with van der Waals surface area (Å²) in [6.45, 7) is 1.69. The van der Waals surface area contributed by atoms with Crippen molar-refractivity contribution in [1.82, 2.24) is 8.75 Å². The van der Waals surface area contributed by atoms with E-state index in [4.69, 9.17) is 0 Å². The summed E-state index contributed by atoms with van der Waals surface area (Å²) >= 11 is 4.71. The number of rotatable bonds is 7. The molecule has 0 radical (unpaired) electrons. The molecule has 1 aliphatic heterocycles. The van der Waals surface area contributed by atoms with E-state index in [1.54, 1.807) is 31.2 Å². The topological polar surface area (TPSA) is 146 Å². The molecular formula is C28H13F3N6O5S4. The summed E-state index contributed by atoms with van der Waals surface area (Å²) < 4.78 is 60.5. The summed E-state index contributed by atoms with van der Waals surface area (Å²) in [5.41, 5.74) is 4.49. The number of ether oxygens (including phenoxy) is 1. The maximum Gasteiger partial charge on any atom is 0.573 e. The van der Waals surface area contributed by atoms with Gasteiger partial charge >= 0.3 is 12.0 Å². The van der Waals surface area contributed by atoms with Gasteiger partial charge in [0.05, 0.1) is 32.9 Å². The zero-order valence-corrected chi connectivity index (χ0v) is 26.0. The molecule has 3 aromatic heterocycles. The lowest BCUT2D eigenvalue weighted by Gasteiger charge is -2.10. The average Bonchev–Trinajstić information content (AvgIpc) is 3.82. The predicted octanol–water partition coefficient (Wildman–Crippen LogP) is 10.2. The molecule has 0 fully saturated rings. The van der Waals surface area contributed by atoms with Gasteiger partial charge in [-0.1, -0.05) is 12.1 Å². The Kier molecular flexibility index (Phi) is 7.23. The Bertz CT molecular complexity index is 2320. The van der Waals surface area contributed by atoms with Crippen molar-refractivity contribution in [2.45, 2.75) is 13.3 Å². The average molecular weight is 699 g/mol. The molecule has 0 saturated carbocycles. The van der Waals surface area contributed by atoms with Crippen LogP contribution in [0.2, 0.25) is 0 Å². The van der Waals surface area contributed by atoms with Crippen LogP contribution >= 0.6 is 34.4 Å². The van der Waals surface area contributed by atoms with Crippen LogP contribution < -0.4 is 4.74 Å². The number of thiophene rings is 2. The van der Waals surface area contributed by atoms with Crippen LogP contribution in [0.15, 0.2) is 69.4 Å². The standard InChI is InChI=1S/C28H13F3N6O5S4/c1-12-2-3-13(10-15(12)36(38)39)18-6-8-20(43-18)22-24-26(34-45-32-24)23(27-25(22)33-46-35-27)21-9-7-19(44-21)14-4-5-17(42-28(29,30)31)16(11-14)37(40)41/h2-11H,1H3. The molecule has 0 amide bonds. The van der Waals surface area contributed by atoms with Gasteiger partial charge in [-0.15, -0.1) is 35.8 Å². The molecule has 46 heavy (non-hydrogen) atoms. The van der Waals surface area contributed by atoms with Gasteiger partial charge in [0, 0.05) is 48.3 Å². The number of hydrogen-bond acceptors (Lipinski definition) is 12. The van der Waals surface area contributed by atoms with Gasteiger partial charge in [-0.25, -0.2) is 0 Å². The van der Waals surface area contributed by atoms with E-state index in [-0.39, 0.29) is 5.69 Å². The first kappa shape index (κ1) is 29.8. The Morgan fingerprint density at radius 3 is 1.74 bits per heavy atom. The van der Waals surface area contributed by atoms with Crippen LogP contribution in [0, 0.1) is 27.2 Å². The summed E-state index contributed by atoms with van der Waals surface area (Å²) in [7, 11) is 0. The first-order valence-corrected chi connectivity index (χ1v) is 16.0.